The summed E-state index contributed by atoms with van der Waals surface area (Å²) in [6.45, 7) is 14.2. The number of aliphatic hydroxyl groups is 1. The molecule has 0 spiro atoms. The maximum Gasteiger partial charge on any atom is 0.425 e. The number of para-hydroxylation sites is 1. The number of fused-ring (bicyclic) bond motifs is 2. The van der Waals surface area contributed by atoms with Crippen LogP contribution in [-0.4, -0.2) is 132 Å². The van der Waals surface area contributed by atoms with Crippen molar-refractivity contribution in [3.05, 3.63) is 36.0 Å². The number of aromatic nitrogens is 1. The predicted molar refractivity (Wildman–Crippen MR) is 219 cm³/mol. The summed E-state index contributed by atoms with van der Waals surface area (Å²) in [5, 5.41) is 13.8. The summed E-state index contributed by atoms with van der Waals surface area (Å²) < 4.78 is 36.7. The van der Waals surface area contributed by atoms with E-state index in [1.165, 1.54) is 19.0 Å². The van der Waals surface area contributed by atoms with Crippen molar-refractivity contribution >= 4 is 34.5 Å². The minimum atomic E-state index is -1.47. The van der Waals surface area contributed by atoms with Crippen LogP contribution >= 0.6 is 0 Å². The molecule has 15 heteroatoms. The Bertz CT molecular complexity index is 1830. The number of methoxy groups -OCH3 is 2. The van der Waals surface area contributed by atoms with Crippen LogP contribution in [0.4, 0.5) is 4.79 Å². The number of amides is 1. The van der Waals surface area contributed by atoms with Crippen LogP contribution in [0.15, 0.2) is 30.5 Å². The van der Waals surface area contributed by atoms with Gasteiger partial charge in [-0.1, -0.05) is 39.8 Å². The summed E-state index contributed by atoms with van der Waals surface area (Å²) in [5.74, 6) is -4.47. The van der Waals surface area contributed by atoms with Crippen molar-refractivity contribution in [1.29, 1.82) is 0 Å². The lowest BCUT2D eigenvalue weighted by atomic mass is 9.73. The first-order valence-corrected chi connectivity index (χ1v) is 21.0. The van der Waals surface area contributed by atoms with E-state index in [1.54, 1.807) is 54.8 Å². The minimum absolute atomic E-state index is 0.108. The number of nitrogens with one attached hydrogen (secondary N) is 1. The third-order valence-electron chi connectivity index (χ3n) is 13.0. The maximum atomic E-state index is 14.7. The van der Waals surface area contributed by atoms with Crippen molar-refractivity contribution < 1.29 is 52.7 Å². The second kappa shape index (κ2) is 18.9. The molecular weight excluding hydrogens is 761 g/mol. The van der Waals surface area contributed by atoms with Crippen molar-refractivity contribution in [3.8, 4) is 5.75 Å². The quantitative estimate of drug-likeness (QED) is 0.178. The number of nitrogens with zero attached hydrogens (tertiary/aromatic N) is 3. The number of carbonyl (C=O) groups excluding carboxylic acids is 4. The Balaban J connectivity index is 1.46. The lowest BCUT2D eigenvalue weighted by molar-refractivity contribution is -0.295. The number of ether oxygens (including phenoxy) is 6. The second-order valence-corrected chi connectivity index (χ2v) is 17.4. The number of aliphatic hydroxyl groups excluding tert-OH is 1. The average molecular weight is 827 g/mol. The molecule has 0 saturated carbocycles. The van der Waals surface area contributed by atoms with E-state index in [-0.39, 0.29) is 30.8 Å². The van der Waals surface area contributed by atoms with Crippen LogP contribution in [0.1, 0.15) is 86.6 Å². The Hall–Kier alpha value is -3.73. The van der Waals surface area contributed by atoms with Gasteiger partial charge in [0.15, 0.2) is 17.7 Å². The molecule has 13 atom stereocenters. The molecule has 3 aliphatic heterocycles. The van der Waals surface area contributed by atoms with Gasteiger partial charge in [-0.15, -0.1) is 0 Å². The molecule has 1 aromatic heterocycles. The second-order valence-electron chi connectivity index (χ2n) is 17.4. The van der Waals surface area contributed by atoms with Gasteiger partial charge in [0, 0.05) is 49.0 Å². The number of pyridine rings is 1. The number of ketones is 2. The molecule has 3 saturated heterocycles. The number of likely N-dealkylation sites (N-methyl/N-ethyl adjacent to an activating group) is 1. The maximum absolute atomic E-state index is 14.7. The third-order valence-corrected chi connectivity index (χ3v) is 13.0. The van der Waals surface area contributed by atoms with Gasteiger partial charge >= 0.3 is 12.1 Å². The molecule has 15 nitrogen and oxygen atoms in total. The molecule has 0 radical (unpaired) electrons. The van der Waals surface area contributed by atoms with Crippen molar-refractivity contribution in [1.82, 2.24) is 20.3 Å². The van der Waals surface area contributed by atoms with Crippen LogP contribution in [0.5, 0.6) is 5.75 Å². The van der Waals surface area contributed by atoms with E-state index in [2.05, 4.69) is 10.4 Å². The van der Waals surface area contributed by atoms with E-state index in [4.69, 9.17) is 28.4 Å². The van der Waals surface area contributed by atoms with Crippen LogP contribution in [0.3, 0.4) is 0 Å². The number of rotatable bonds is 11. The van der Waals surface area contributed by atoms with Gasteiger partial charge in [0.25, 0.3) is 0 Å². The van der Waals surface area contributed by atoms with Gasteiger partial charge in [-0.2, -0.15) is 0 Å². The van der Waals surface area contributed by atoms with E-state index < -0.39 is 83.4 Å². The fourth-order valence-corrected chi connectivity index (χ4v) is 9.60. The average Bonchev–Trinajstić information content (AvgIpc) is 3.47. The van der Waals surface area contributed by atoms with Crippen LogP contribution in [0, 0.1) is 23.7 Å². The van der Waals surface area contributed by atoms with Crippen molar-refractivity contribution in [2.24, 2.45) is 23.7 Å². The van der Waals surface area contributed by atoms with Gasteiger partial charge in [0.2, 0.25) is 0 Å². The number of hydrogen-bond acceptors (Lipinski definition) is 14. The highest BCUT2D eigenvalue weighted by molar-refractivity contribution is 6.00. The fourth-order valence-electron chi connectivity index (χ4n) is 9.60. The lowest BCUT2D eigenvalue weighted by Gasteiger charge is -2.47. The molecule has 2 aromatic rings. The summed E-state index contributed by atoms with van der Waals surface area (Å²) in [5.41, 5.74) is 2.34. The summed E-state index contributed by atoms with van der Waals surface area (Å²) in [6, 6.07) is 6.56. The number of cyclic esters (lactones) is 1. The van der Waals surface area contributed by atoms with Gasteiger partial charge < -0.3 is 38.4 Å². The number of aryl methyl sites for hydroxylation is 1. The molecule has 5 rings (SSSR count). The van der Waals surface area contributed by atoms with Gasteiger partial charge in [-0.3, -0.25) is 19.4 Å². The van der Waals surface area contributed by atoms with Crippen LogP contribution in [0.25, 0.3) is 10.9 Å². The number of carbonyl (C=O) groups is 4. The summed E-state index contributed by atoms with van der Waals surface area (Å²) in [6.07, 6.45) is -1.28. The molecule has 1 amide bonds. The van der Waals surface area contributed by atoms with E-state index in [9.17, 15) is 24.3 Å². The van der Waals surface area contributed by atoms with Crippen molar-refractivity contribution in [2.45, 2.75) is 141 Å². The Kier molecular flexibility index (Phi) is 14.8. The monoisotopic (exact) mass is 826 g/mol. The Morgan fingerprint density at radius 3 is 2.37 bits per heavy atom. The first-order chi connectivity index (χ1) is 27.8. The van der Waals surface area contributed by atoms with Crippen LogP contribution < -0.4 is 10.2 Å². The SMILES string of the molecule is CC[C@H]1OC(=O)[C@H](C)C(=O)[C@H](C)[C@@H](O[C@@H]2O[C@H](C)C[C@H](N(C)C)[C@H]2O)[C@](C)(OC)C[C@@H](C)C(=O)[C@@H](C)[C@H]2N(NCCCc3ccnc4c(OC)cccc34)C(=O)O[C@]12C. The number of hydrazine groups is 1. The number of benzene rings is 1. The molecule has 2 N–H and O–H groups in total. The highest BCUT2D eigenvalue weighted by Crippen LogP contribution is 2.42. The van der Waals surface area contributed by atoms with Crippen molar-refractivity contribution in [2.75, 3.05) is 34.9 Å². The van der Waals surface area contributed by atoms with Gasteiger partial charge in [0.05, 0.1) is 24.9 Å². The summed E-state index contributed by atoms with van der Waals surface area (Å²) in [7, 11) is 6.84. The Morgan fingerprint density at radius 1 is 1.02 bits per heavy atom. The standard InChI is InChI=1S/C44H66N4O11/c1-13-33-44(8)38(48(42(53)59-44)46-20-15-16-29-19-21-45-34-30(29)17-14-18-32(34)54-11)26(4)35(49)24(2)23-43(7,55-12)39(27(5)36(50)28(6)40(52)57-33)58-41-37(51)31(47(9)10)22-25(3)56-41/h14,17-19,21,24-28,31,33,37-39,41,46,51H,13,15-16,20,22-23H2,1-12H3/t24-,25-,26-,27+,28-,31+,33-,37-,38-,39-,41+,43-,44-/m1/s1. The topological polar surface area (TPSA) is 175 Å². The number of hydrogen-bond donors (Lipinski definition) is 2. The molecule has 3 fully saturated rings. The first kappa shape index (κ1) is 46.3. The minimum Gasteiger partial charge on any atom is -0.494 e. The Morgan fingerprint density at radius 2 is 1.73 bits per heavy atom. The zero-order valence-corrected chi connectivity index (χ0v) is 36.9. The predicted octanol–water partition coefficient (Wildman–Crippen LogP) is 4.88. The zero-order valence-electron chi connectivity index (χ0n) is 36.9. The van der Waals surface area contributed by atoms with Crippen molar-refractivity contribution in [3.63, 3.8) is 0 Å². The molecular formula is C44H66N4O11. The van der Waals surface area contributed by atoms with Gasteiger partial charge in [-0.05, 0) is 91.6 Å². The Labute approximate surface area is 348 Å². The normalized spacial score (nSPS) is 36.3. The van der Waals surface area contributed by atoms with Crippen LogP contribution in [0.2, 0.25) is 0 Å². The first-order valence-electron chi connectivity index (χ1n) is 21.0. The van der Waals surface area contributed by atoms with E-state index in [0.717, 1.165) is 16.5 Å². The fraction of sp³-hybridized carbons (Fsp3) is 0.705. The summed E-state index contributed by atoms with van der Waals surface area (Å²) >= 11 is 0. The molecule has 4 heterocycles. The highest BCUT2D eigenvalue weighted by atomic mass is 16.7. The third kappa shape index (κ3) is 9.30. The molecule has 0 bridgehead atoms. The van der Waals surface area contributed by atoms with E-state index >= 15 is 0 Å². The van der Waals surface area contributed by atoms with E-state index in [0.29, 0.717) is 31.6 Å². The number of Topliss-reactive ketones (excluding diaryl/α,β-unsaturated/α-hetero) is 2. The summed E-state index contributed by atoms with van der Waals surface area (Å²) in [4.78, 5) is 63.3. The largest absolute Gasteiger partial charge is 0.494 e. The van der Waals surface area contributed by atoms with Crippen LogP contribution in [-0.2, 0) is 44.5 Å². The number of esters is 1. The molecule has 59 heavy (non-hydrogen) atoms. The molecule has 3 aliphatic rings. The van der Waals surface area contributed by atoms with E-state index in [1.807, 2.05) is 50.2 Å². The molecule has 0 aliphatic carbocycles. The zero-order chi connectivity index (χ0) is 43.6. The molecule has 328 valence electrons. The molecule has 0 unspecified atom stereocenters. The lowest BCUT2D eigenvalue weighted by Crippen LogP contribution is -2.61. The van der Waals surface area contributed by atoms with Gasteiger partial charge in [-0.25, -0.2) is 15.2 Å². The molecule has 1 aromatic carbocycles. The smallest absolute Gasteiger partial charge is 0.425 e. The highest BCUT2D eigenvalue weighted by Gasteiger charge is 2.61. The van der Waals surface area contributed by atoms with Gasteiger partial charge in [0.1, 0.15) is 41.2 Å².